The minimum atomic E-state index is -0.665. The lowest BCUT2D eigenvalue weighted by molar-refractivity contribution is 0.102. The van der Waals surface area contributed by atoms with Crippen LogP contribution in [-0.4, -0.2) is 22.6 Å². The molecular formula is C15H11FN2O2. The second-order valence-electron chi connectivity index (χ2n) is 3.84. The van der Waals surface area contributed by atoms with E-state index in [1.165, 1.54) is 24.5 Å². The van der Waals surface area contributed by atoms with E-state index in [-0.39, 0.29) is 12.2 Å². The van der Waals surface area contributed by atoms with Crippen molar-refractivity contribution in [1.29, 1.82) is 0 Å². The van der Waals surface area contributed by atoms with E-state index >= 15 is 0 Å². The van der Waals surface area contributed by atoms with Crippen molar-refractivity contribution in [3.63, 3.8) is 0 Å². The number of benzene rings is 1. The monoisotopic (exact) mass is 270 g/mol. The van der Waals surface area contributed by atoms with E-state index < -0.39 is 11.7 Å². The molecule has 2 rings (SSSR count). The summed E-state index contributed by atoms with van der Waals surface area (Å²) in [5.41, 5.74) is 0.863. The molecule has 0 fully saturated rings. The zero-order valence-corrected chi connectivity index (χ0v) is 10.4. The summed E-state index contributed by atoms with van der Waals surface area (Å²) >= 11 is 0. The molecule has 0 aliphatic carbocycles. The van der Waals surface area contributed by atoms with Crippen LogP contribution in [0.2, 0.25) is 0 Å². The number of hydrogen-bond donors (Lipinski definition) is 2. The van der Waals surface area contributed by atoms with Crippen molar-refractivity contribution >= 4 is 11.6 Å². The van der Waals surface area contributed by atoms with Crippen molar-refractivity contribution in [2.45, 2.75) is 0 Å². The van der Waals surface area contributed by atoms with Gasteiger partial charge in [-0.25, -0.2) is 4.39 Å². The lowest BCUT2D eigenvalue weighted by atomic mass is 10.1. The van der Waals surface area contributed by atoms with Gasteiger partial charge in [0.2, 0.25) is 0 Å². The SMILES string of the molecule is O=C(Nc1ccncc1)c1ccc(C#CCO)cc1F. The summed E-state index contributed by atoms with van der Waals surface area (Å²) in [5, 5.41) is 11.1. The zero-order chi connectivity index (χ0) is 14.4. The molecule has 2 aromatic rings. The van der Waals surface area contributed by atoms with Crippen LogP contribution in [0, 0.1) is 17.7 Å². The molecule has 1 aromatic carbocycles. The number of aromatic nitrogens is 1. The Hall–Kier alpha value is -2.71. The third kappa shape index (κ3) is 3.40. The molecule has 5 heteroatoms. The number of amides is 1. The highest BCUT2D eigenvalue weighted by molar-refractivity contribution is 6.04. The largest absolute Gasteiger partial charge is 0.384 e. The number of anilines is 1. The Labute approximate surface area is 115 Å². The second kappa shape index (κ2) is 6.45. The first-order valence-corrected chi connectivity index (χ1v) is 5.81. The van der Waals surface area contributed by atoms with Gasteiger partial charge >= 0.3 is 0 Å². The Kier molecular flexibility index (Phi) is 4.43. The number of aliphatic hydroxyl groups excluding tert-OH is 1. The van der Waals surface area contributed by atoms with Gasteiger partial charge < -0.3 is 10.4 Å². The normalized spacial score (nSPS) is 9.50. The first kappa shape index (κ1) is 13.7. The van der Waals surface area contributed by atoms with Gasteiger partial charge in [-0.1, -0.05) is 11.8 Å². The highest BCUT2D eigenvalue weighted by Crippen LogP contribution is 2.13. The minimum absolute atomic E-state index is 0.0728. The molecule has 0 bridgehead atoms. The summed E-state index contributed by atoms with van der Waals surface area (Å²) in [4.78, 5) is 15.7. The molecule has 0 atom stereocenters. The number of rotatable bonds is 2. The Morgan fingerprint density at radius 2 is 2.05 bits per heavy atom. The summed E-state index contributed by atoms with van der Waals surface area (Å²) < 4.78 is 13.8. The number of hydrogen-bond acceptors (Lipinski definition) is 3. The fourth-order valence-electron chi connectivity index (χ4n) is 1.55. The van der Waals surface area contributed by atoms with E-state index in [2.05, 4.69) is 22.1 Å². The lowest BCUT2D eigenvalue weighted by Gasteiger charge is -2.06. The van der Waals surface area contributed by atoms with Gasteiger partial charge in [-0.2, -0.15) is 0 Å². The molecule has 1 aromatic heterocycles. The van der Waals surface area contributed by atoms with Crippen molar-refractivity contribution in [2.24, 2.45) is 0 Å². The number of carbonyl (C=O) groups excluding carboxylic acids is 1. The molecule has 0 spiro atoms. The first-order valence-electron chi connectivity index (χ1n) is 5.81. The third-order valence-electron chi connectivity index (χ3n) is 2.46. The van der Waals surface area contributed by atoms with E-state index in [4.69, 9.17) is 5.11 Å². The van der Waals surface area contributed by atoms with Gasteiger partial charge in [-0.05, 0) is 30.3 Å². The summed E-state index contributed by atoms with van der Waals surface area (Å²) in [6.07, 6.45) is 3.05. The second-order valence-corrected chi connectivity index (χ2v) is 3.84. The predicted octanol–water partition coefficient (Wildman–Crippen LogP) is 1.82. The van der Waals surface area contributed by atoms with Crippen LogP contribution in [0.1, 0.15) is 15.9 Å². The number of nitrogens with one attached hydrogen (secondary N) is 1. The van der Waals surface area contributed by atoms with Gasteiger partial charge in [0.1, 0.15) is 12.4 Å². The summed E-state index contributed by atoms with van der Waals surface area (Å²) in [6.45, 7) is -0.300. The van der Waals surface area contributed by atoms with Crippen molar-refractivity contribution in [1.82, 2.24) is 4.98 Å². The van der Waals surface area contributed by atoms with Gasteiger partial charge in [0.25, 0.3) is 5.91 Å². The van der Waals surface area contributed by atoms with Gasteiger partial charge in [0, 0.05) is 23.6 Å². The van der Waals surface area contributed by atoms with Crippen molar-refractivity contribution in [3.05, 3.63) is 59.7 Å². The first-order chi connectivity index (χ1) is 9.70. The molecule has 0 saturated heterocycles. The molecule has 20 heavy (non-hydrogen) atoms. The van der Waals surface area contributed by atoms with Crippen LogP contribution in [0.5, 0.6) is 0 Å². The van der Waals surface area contributed by atoms with E-state index in [1.54, 1.807) is 12.1 Å². The summed E-state index contributed by atoms with van der Waals surface area (Å²) in [6, 6.07) is 7.25. The molecule has 1 amide bonds. The maximum absolute atomic E-state index is 13.8. The maximum atomic E-state index is 13.8. The fourth-order valence-corrected chi connectivity index (χ4v) is 1.55. The average molecular weight is 270 g/mol. The fraction of sp³-hybridized carbons (Fsp3) is 0.0667. The smallest absolute Gasteiger partial charge is 0.258 e. The molecular weight excluding hydrogens is 259 g/mol. The Balaban J connectivity index is 2.18. The number of aliphatic hydroxyl groups is 1. The molecule has 0 radical (unpaired) electrons. The highest BCUT2D eigenvalue weighted by Gasteiger charge is 2.12. The number of carbonyl (C=O) groups is 1. The Morgan fingerprint density at radius 1 is 1.30 bits per heavy atom. The number of pyridine rings is 1. The molecule has 2 N–H and O–H groups in total. The molecule has 0 aliphatic heterocycles. The van der Waals surface area contributed by atoms with E-state index in [0.717, 1.165) is 6.07 Å². The van der Waals surface area contributed by atoms with Crippen LogP contribution in [0.3, 0.4) is 0 Å². The molecule has 0 unspecified atom stereocenters. The molecule has 100 valence electrons. The van der Waals surface area contributed by atoms with Crippen LogP contribution >= 0.6 is 0 Å². The average Bonchev–Trinajstić information content (AvgIpc) is 2.46. The zero-order valence-electron chi connectivity index (χ0n) is 10.4. The summed E-state index contributed by atoms with van der Waals surface area (Å²) in [5.74, 6) is 3.77. The van der Waals surface area contributed by atoms with E-state index in [1.807, 2.05) is 0 Å². The minimum Gasteiger partial charge on any atom is -0.384 e. The van der Waals surface area contributed by atoms with Crippen molar-refractivity contribution in [2.75, 3.05) is 11.9 Å². The lowest BCUT2D eigenvalue weighted by Crippen LogP contribution is -2.13. The Bertz CT molecular complexity index is 675. The Morgan fingerprint density at radius 3 is 2.70 bits per heavy atom. The summed E-state index contributed by atoms with van der Waals surface area (Å²) in [7, 11) is 0. The van der Waals surface area contributed by atoms with Crippen molar-refractivity contribution in [3.8, 4) is 11.8 Å². The molecule has 0 saturated carbocycles. The number of nitrogens with zero attached hydrogens (tertiary/aromatic N) is 1. The topological polar surface area (TPSA) is 62.2 Å². The number of halogens is 1. The van der Waals surface area contributed by atoms with Crippen LogP contribution < -0.4 is 5.32 Å². The third-order valence-corrected chi connectivity index (χ3v) is 2.46. The van der Waals surface area contributed by atoms with Gasteiger partial charge in [-0.15, -0.1) is 0 Å². The highest BCUT2D eigenvalue weighted by atomic mass is 19.1. The van der Waals surface area contributed by atoms with Crippen LogP contribution in [0.25, 0.3) is 0 Å². The van der Waals surface area contributed by atoms with E-state index in [0.29, 0.717) is 11.3 Å². The van der Waals surface area contributed by atoms with Crippen molar-refractivity contribution < 1.29 is 14.3 Å². The quantitative estimate of drug-likeness (QED) is 0.818. The standard InChI is InChI=1S/C15H11FN2O2/c16-14-10-11(2-1-9-19)3-4-13(14)15(20)18-12-5-7-17-8-6-12/h3-8,10,19H,9H2,(H,17,18,20). The molecule has 1 heterocycles. The van der Waals surface area contributed by atoms with Crippen LogP contribution in [-0.2, 0) is 0 Å². The molecule has 4 nitrogen and oxygen atoms in total. The van der Waals surface area contributed by atoms with Crippen LogP contribution in [0.4, 0.5) is 10.1 Å². The van der Waals surface area contributed by atoms with Crippen LogP contribution in [0.15, 0.2) is 42.7 Å². The predicted molar refractivity (Wildman–Crippen MR) is 72.6 cm³/mol. The van der Waals surface area contributed by atoms with Gasteiger partial charge in [0.15, 0.2) is 0 Å². The molecule has 0 aliphatic rings. The van der Waals surface area contributed by atoms with E-state index in [9.17, 15) is 9.18 Å². The maximum Gasteiger partial charge on any atom is 0.258 e. The van der Waals surface area contributed by atoms with Gasteiger partial charge in [-0.3, -0.25) is 9.78 Å². The van der Waals surface area contributed by atoms with Gasteiger partial charge in [0.05, 0.1) is 5.56 Å².